The second kappa shape index (κ2) is 4.13. The van der Waals surface area contributed by atoms with Crippen LogP contribution in [0.25, 0.3) is 0 Å². The smallest absolute Gasteiger partial charge is 0.140 e. The molecule has 1 aromatic rings. The minimum atomic E-state index is 0.742. The largest absolute Gasteiger partial charge is 0.361 e. The maximum atomic E-state index is 5.37. The standard InChI is InChI=1S/C11H18N2O/c1-3-10-8(2)11(14-13-10)6-9-4-5-12-7-9/h9,12H,3-7H2,1-2H3. The van der Waals surface area contributed by atoms with Gasteiger partial charge in [0.05, 0.1) is 5.69 Å². The molecule has 1 atom stereocenters. The summed E-state index contributed by atoms with van der Waals surface area (Å²) in [5.74, 6) is 1.84. The molecule has 0 spiro atoms. The Morgan fingerprint density at radius 1 is 1.57 bits per heavy atom. The van der Waals surface area contributed by atoms with E-state index in [0.29, 0.717) is 0 Å². The van der Waals surface area contributed by atoms with Crippen LogP contribution in [0.15, 0.2) is 4.52 Å². The number of hydrogen-bond acceptors (Lipinski definition) is 3. The van der Waals surface area contributed by atoms with Crippen molar-refractivity contribution in [3.8, 4) is 0 Å². The van der Waals surface area contributed by atoms with Crippen LogP contribution >= 0.6 is 0 Å². The van der Waals surface area contributed by atoms with Crippen LogP contribution in [0.3, 0.4) is 0 Å². The summed E-state index contributed by atoms with van der Waals surface area (Å²) in [6, 6.07) is 0. The van der Waals surface area contributed by atoms with Crippen molar-refractivity contribution >= 4 is 0 Å². The number of nitrogens with one attached hydrogen (secondary N) is 1. The van der Waals surface area contributed by atoms with Gasteiger partial charge in [0, 0.05) is 12.0 Å². The Kier molecular flexibility index (Phi) is 2.87. The summed E-state index contributed by atoms with van der Waals surface area (Å²) >= 11 is 0. The van der Waals surface area contributed by atoms with Gasteiger partial charge in [-0.15, -0.1) is 0 Å². The Hall–Kier alpha value is -0.830. The van der Waals surface area contributed by atoms with Crippen LogP contribution in [0, 0.1) is 12.8 Å². The van der Waals surface area contributed by atoms with Gasteiger partial charge in [0.25, 0.3) is 0 Å². The summed E-state index contributed by atoms with van der Waals surface area (Å²) in [4.78, 5) is 0. The molecule has 1 unspecified atom stereocenters. The Morgan fingerprint density at radius 2 is 2.43 bits per heavy atom. The molecule has 0 aliphatic carbocycles. The van der Waals surface area contributed by atoms with Crippen LogP contribution < -0.4 is 5.32 Å². The third-order valence-electron chi connectivity index (χ3n) is 3.09. The molecule has 2 rings (SSSR count). The molecule has 2 heterocycles. The molecule has 3 heteroatoms. The van der Waals surface area contributed by atoms with Crippen LogP contribution in [0.2, 0.25) is 0 Å². The molecule has 1 aliphatic rings. The van der Waals surface area contributed by atoms with Gasteiger partial charge in [0.1, 0.15) is 5.76 Å². The molecule has 1 N–H and O–H groups in total. The van der Waals surface area contributed by atoms with E-state index in [0.717, 1.165) is 43.3 Å². The van der Waals surface area contributed by atoms with Crippen LogP contribution in [0.4, 0.5) is 0 Å². The van der Waals surface area contributed by atoms with Gasteiger partial charge in [0.15, 0.2) is 0 Å². The lowest BCUT2D eigenvalue weighted by Crippen LogP contribution is -2.10. The van der Waals surface area contributed by atoms with E-state index in [1.807, 2.05) is 0 Å². The number of aryl methyl sites for hydroxylation is 1. The van der Waals surface area contributed by atoms with Gasteiger partial charge in [-0.2, -0.15) is 0 Å². The third kappa shape index (κ3) is 1.82. The zero-order chi connectivity index (χ0) is 9.97. The lowest BCUT2D eigenvalue weighted by atomic mass is 10.0. The minimum Gasteiger partial charge on any atom is -0.361 e. The molecule has 14 heavy (non-hydrogen) atoms. The molecule has 1 saturated heterocycles. The molecule has 1 fully saturated rings. The summed E-state index contributed by atoms with van der Waals surface area (Å²) in [7, 11) is 0. The number of nitrogens with zero attached hydrogens (tertiary/aromatic N) is 1. The second-order valence-electron chi connectivity index (χ2n) is 4.09. The first kappa shape index (κ1) is 9.71. The average molecular weight is 194 g/mol. The molecular weight excluding hydrogens is 176 g/mol. The highest BCUT2D eigenvalue weighted by molar-refractivity contribution is 5.21. The SMILES string of the molecule is CCc1noc(CC2CCNC2)c1C. The molecule has 3 nitrogen and oxygen atoms in total. The fraction of sp³-hybridized carbons (Fsp3) is 0.727. The Bertz CT molecular complexity index is 300. The maximum absolute atomic E-state index is 5.37. The number of aromatic nitrogens is 1. The fourth-order valence-electron chi connectivity index (χ4n) is 2.08. The van der Waals surface area contributed by atoms with Gasteiger partial charge in [-0.05, 0) is 38.8 Å². The lowest BCUT2D eigenvalue weighted by Gasteiger charge is -2.04. The van der Waals surface area contributed by atoms with Crippen molar-refractivity contribution in [3.05, 3.63) is 17.0 Å². The van der Waals surface area contributed by atoms with Crippen LogP contribution in [-0.2, 0) is 12.8 Å². The van der Waals surface area contributed by atoms with Crippen molar-refractivity contribution in [1.82, 2.24) is 10.5 Å². The lowest BCUT2D eigenvalue weighted by molar-refractivity contribution is 0.358. The normalized spacial score (nSPS) is 21.7. The van der Waals surface area contributed by atoms with E-state index in [9.17, 15) is 0 Å². The molecule has 0 radical (unpaired) electrons. The van der Waals surface area contributed by atoms with Gasteiger partial charge in [-0.3, -0.25) is 0 Å². The average Bonchev–Trinajstić information content (AvgIpc) is 2.79. The van der Waals surface area contributed by atoms with Crippen molar-refractivity contribution in [1.29, 1.82) is 0 Å². The predicted molar refractivity (Wildman–Crippen MR) is 55.3 cm³/mol. The molecule has 0 saturated carbocycles. The maximum Gasteiger partial charge on any atom is 0.140 e. The second-order valence-corrected chi connectivity index (χ2v) is 4.09. The van der Waals surface area contributed by atoms with Crippen molar-refractivity contribution < 1.29 is 4.52 Å². The van der Waals surface area contributed by atoms with Crippen molar-refractivity contribution in [2.75, 3.05) is 13.1 Å². The molecule has 78 valence electrons. The highest BCUT2D eigenvalue weighted by Crippen LogP contribution is 2.20. The van der Waals surface area contributed by atoms with E-state index in [1.54, 1.807) is 0 Å². The van der Waals surface area contributed by atoms with Crippen molar-refractivity contribution in [2.45, 2.75) is 33.1 Å². The van der Waals surface area contributed by atoms with Gasteiger partial charge in [0.2, 0.25) is 0 Å². The summed E-state index contributed by atoms with van der Waals surface area (Å²) in [6.07, 6.45) is 3.28. The Morgan fingerprint density at radius 3 is 3.00 bits per heavy atom. The monoisotopic (exact) mass is 194 g/mol. The molecule has 0 amide bonds. The topological polar surface area (TPSA) is 38.1 Å². The Balaban J connectivity index is 2.04. The molecule has 1 aromatic heterocycles. The van der Waals surface area contributed by atoms with Gasteiger partial charge in [-0.1, -0.05) is 12.1 Å². The molecule has 0 bridgehead atoms. The zero-order valence-corrected chi connectivity index (χ0v) is 8.97. The van der Waals surface area contributed by atoms with Crippen LogP contribution in [0.1, 0.15) is 30.4 Å². The summed E-state index contributed by atoms with van der Waals surface area (Å²) in [5.41, 5.74) is 2.38. The van der Waals surface area contributed by atoms with Gasteiger partial charge >= 0.3 is 0 Å². The number of hydrogen-bond donors (Lipinski definition) is 1. The highest BCUT2D eigenvalue weighted by Gasteiger charge is 2.19. The highest BCUT2D eigenvalue weighted by atomic mass is 16.5. The first-order chi connectivity index (χ1) is 6.81. The van der Waals surface area contributed by atoms with E-state index in [-0.39, 0.29) is 0 Å². The van der Waals surface area contributed by atoms with Crippen LogP contribution in [-0.4, -0.2) is 18.2 Å². The first-order valence-electron chi connectivity index (χ1n) is 5.46. The predicted octanol–water partition coefficient (Wildman–Crippen LogP) is 1.70. The third-order valence-corrected chi connectivity index (χ3v) is 3.09. The van der Waals surface area contributed by atoms with E-state index in [1.165, 1.54) is 12.0 Å². The fourth-order valence-corrected chi connectivity index (χ4v) is 2.08. The molecular formula is C11H18N2O. The minimum absolute atomic E-state index is 0.742. The van der Waals surface area contributed by atoms with Crippen molar-refractivity contribution in [2.24, 2.45) is 5.92 Å². The van der Waals surface area contributed by atoms with Gasteiger partial charge < -0.3 is 9.84 Å². The van der Waals surface area contributed by atoms with Gasteiger partial charge in [-0.25, -0.2) is 0 Å². The molecule has 1 aliphatic heterocycles. The quantitative estimate of drug-likeness (QED) is 0.795. The van der Waals surface area contributed by atoms with Crippen LogP contribution in [0.5, 0.6) is 0 Å². The van der Waals surface area contributed by atoms with E-state index in [2.05, 4.69) is 24.3 Å². The summed E-state index contributed by atoms with van der Waals surface area (Å²) < 4.78 is 5.37. The zero-order valence-electron chi connectivity index (χ0n) is 8.97. The van der Waals surface area contributed by atoms with E-state index in [4.69, 9.17) is 4.52 Å². The van der Waals surface area contributed by atoms with E-state index < -0.39 is 0 Å². The summed E-state index contributed by atoms with van der Waals surface area (Å²) in [6.45, 7) is 6.51. The number of rotatable bonds is 3. The first-order valence-corrected chi connectivity index (χ1v) is 5.46. The van der Waals surface area contributed by atoms with E-state index >= 15 is 0 Å². The molecule has 0 aromatic carbocycles. The van der Waals surface area contributed by atoms with Crippen molar-refractivity contribution in [3.63, 3.8) is 0 Å². The Labute approximate surface area is 84.9 Å². The summed E-state index contributed by atoms with van der Waals surface area (Å²) in [5, 5.41) is 7.45.